The van der Waals surface area contributed by atoms with Gasteiger partial charge in [-0.3, -0.25) is 9.59 Å². The van der Waals surface area contributed by atoms with Gasteiger partial charge in [0.25, 0.3) is 5.56 Å². The average Bonchev–Trinajstić information content (AvgIpc) is 3.28. The van der Waals surface area contributed by atoms with Crippen molar-refractivity contribution >= 4 is 28.6 Å². The van der Waals surface area contributed by atoms with Crippen molar-refractivity contribution in [3.63, 3.8) is 0 Å². The number of hydrogen-bond acceptors (Lipinski definition) is 5. The largest absolute Gasteiger partial charge is 0.351 e. The number of carbonyl (C=O) groups is 1. The van der Waals surface area contributed by atoms with E-state index < -0.39 is 0 Å². The molecule has 0 bridgehead atoms. The van der Waals surface area contributed by atoms with E-state index in [1.807, 2.05) is 35.0 Å². The highest BCUT2D eigenvalue weighted by Crippen LogP contribution is 2.21. The molecular weight excluding hydrogens is 342 g/mol. The Kier molecular flexibility index (Phi) is 5.55. The van der Waals surface area contributed by atoms with E-state index >= 15 is 0 Å². The lowest BCUT2D eigenvalue weighted by atomic mass is 10.3. The molecule has 7 heteroatoms. The fraction of sp³-hybridized carbons (Fsp3) is 0.235. The molecule has 0 fully saturated rings. The lowest BCUT2D eigenvalue weighted by molar-refractivity contribution is -0.121. The van der Waals surface area contributed by atoms with Gasteiger partial charge in [0.1, 0.15) is 5.69 Å². The summed E-state index contributed by atoms with van der Waals surface area (Å²) >= 11 is 3.20. The van der Waals surface area contributed by atoms with Crippen LogP contribution in [0.3, 0.4) is 0 Å². The molecule has 0 aromatic carbocycles. The monoisotopic (exact) mass is 359 g/mol. The first-order chi connectivity index (χ1) is 11.7. The van der Waals surface area contributed by atoms with Crippen molar-refractivity contribution in [1.29, 1.82) is 0 Å². The van der Waals surface area contributed by atoms with Gasteiger partial charge < -0.3 is 5.32 Å². The number of nitrogens with zero attached hydrogens (tertiary/aromatic N) is 2. The van der Waals surface area contributed by atoms with Crippen LogP contribution in [0.4, 0.5) is 0 Å². The summed E-state index contributed by atoms with van der Waals surface area (Å²) in [5.41, 5.74) is 0.640. The highest BCUT2D eigenvalue weighted by molar-refractivity contribution is 7.13. The molecule has 3 rings (SSSR count). The molecule has 3 heterocycles. The summed E-state index contributed by atoms with van der Waals surface area (Å²) in [4.78, 5) is 25.9. The zero-order valence-corrected chi connectivity index (χ0v) is 14.6. The fourth-order valence-corrected chi connectivity index (χ4v) is 3.58. The second-order valence-corrected chi connectivity index (χ2v) is 7.20. The van der Waals surface area contributed by atoms with Crippen LogP contribution in [0.5, 0.6) is 0 Å². The number of amides is 1. The summed E-state index contributed by atoms with van der Waals surface area (Å²) in [6.07, 6.45) is 0.958. The molecule has 0 atom stereocenters. The van der Waals surface area contributed by atoms with Crippen molar-refractivity contribution in [2.45, 2.75) is 25.9 Å². The molecule has 0 aliphatic rings. The Balaban J connectivity index is 1.52. The van der Waals surface area contributed by atoms with E-state index in [1.165, 1.54) is 10.7 Å². The maximum absolute atomic E-state index is 11.9. The van der Waals surface area contributed by atoms with Crippen molar-refractivity contribution in [3.05, 3.63) is 62.4 Å². The molecule has 24 heavy (non-hydrogen) atoms. The zero-order chi connectivity index (χ0) is 16.8. The number of carbonyl (C=O) groups excluding carboxylic acids is 1. The van der Waals surface area contributed by atoms with Gasteiger partial charge in [0.05, 0.1) is 11.4 Å². The number of aromatic nitrogens is 2. The van der Waals surface area contributed by atoms with Crippen LogP contribution in [0.1, 0.15) is 17.7 Å². The number of nitrogens with one attached hydrogen (secondary N) is 1. The van der Waals surface area contributed by atoms with E-state index in [2.05, 4.69) is 10.4 Å². The Hall–Kier alpha value is -2.25. The third-order valence-electron chi connectivity index (χ3n) is 3.45. The maximum atomic E-state index is 11.9. The molecular formula is C17H17N3O2S2. The number of rotatable bonds is 7. The third-order valence-corrected chi connectivity index (χ3v) is 5.22. The Bertz CT molecular complexity index is 839. The minimum Gasteiger partial charge on any atom is -0.351 e. The second-order valence-electron chi connectivity index (χ2n) is 5.22. The molecule has 0 spiro atoms. The average molecular weight is 359 g/mol. The van der Waals surface area contributed by atoms with Gasteiger partial charge in [-0.25, -0.2) is 4.68 Å². The van der Waals surface area contributed by atoms with Gasteiger partial charge in [0, 0.05) is 23.9 Å². The molecule has 0 aliphatic heterocycles. The van der Waals surface area contributed by atoms with Gasteiger partial charge in [-0.15, -0.1) is 22.7 Å². The molecule has 0 saturated carbocycles. The summed E-state index contributed by atoms with van der Waals surface area (Å²) in [6.45, 7) is 0.993. The van der Waals surface area contributed by atoms with Crippen LogP contribution in [0, 0.1) is 0 Å². The predicted molar refractivity (Wildman–Crippen MR) is 97.2 cm³/mol. The number of hydrogen-bond donors (Lipinski definition) is 1. The van der Waals surface area contributed by atoms with Gasteiger partial charge in [0.15, 0.2) is 0 Å². The lowest BCUT2D eigenvalue weighted by Gasteiger charge is -2.07. The van der Waals surface area contributed by atoms with Crippen LogP contribution in [-0.4, -0.2) is 15.7 Å². The summed E-state index contributed by atoms with van der Waals surface area (Å²) in [5.74, 6) is -0.00846. The van der Waals surface area contributed by atoms with E-state index in [0.29, 0.717) is 25.9 Å². The summed E-state index contributed by atoms with van der Waals surface area (Å²) in [7, 11) is 0. The third kappa shape index (κ3) is 4.39. The van der Waals surface area contributed by atoms with Crippen LogP contribution in [0.25, 0.3) is 10.6 Å². The summed E-state index contributed by atoms with van der Waals surface area (Å²) < 4.78 is 1.43. The van der Waals surface area contributed by atoms with Crippen LogP contribution >= 0.6 is 22.7 Å². The highest BCUT2D eigenvalue weighted by Gasteiger charge is 2.06. The normalized spacial score (nSPS) is 10.7. The molecule has 3 aromatic rings. The number of thiophene rings is 2. The molecule has 3 aromatic heterocycles. The Morgan fingerprint density at radius 3 is 2.71 bits per heavy atom. The Labute approximate surface area is 147 Å². The second kappa shape index (κ2) is 8.03. The van der Waals surface area contributed by atoms with Gasteiger partial charge >= 0.3 is 0 Å². The minimum atomic E-state index is -0.144. The predicted octanol–water partition coefficient (Wildman–Crippen LogP) is 3.13. The molecule has 1 N–H and O–H groups in total. The SMILES string of the molecule is O=C(CCCn1nc(-c2cccs2)ccc1=O)NCc1cccs1. The van der Waals surface area contributed by atoms with Crippen LogP contribution in [-0.2, 0) is 17.9 Å². The van der Waals surface area contributed by atoms with Gasteiger partial charge in [-0.2, -0.15) is 5.10 Å². The van der Waals surface area contributed by atoms with Crippen molar-refractivity contribution in [2.75, 3.05) is 0 Å². The molecule has 124 valence electrons. The molecule has 0 radical (unpaired) electrons. The first-order valence-electron chi connectivity index (χ1n) is 7.63. The smallest absolute Gasteiger partial charge is 0.266 e. The maximum Gasteiger partial charge on any atom is 0.266 e. The van der Waals surface area contributed by atoms with Gasteiger partial charge in [-0.1, -0.05) is 12.1 Å². The van der Waals surface area contributed by atoms with Crippen LogP contribution in [0.15, 0.2) is 52.0 Å². The van der Waals surface area contributed by atoms with Crippen molar-refractivity contribution < 1.29 is 4.79 Å². The molecule has 5 nitrogen and oxygen atoms in total. The van der Waals surface area contributed by atoms with E-state index in [4.69, 9.17) is 0 Å². The molecule has 0 saturated heterocycles. The molecule has 1 amide bonds. The van der Waals surface area contributed by atoms with E-state index in [0.717, 1.165) is 15.4 Å². The first-order valence-corrected chi connectivity index (χ1v) is 9.39. The topological polar surface area (TPSA) is 64.0 Å². The lowest BCUT2D eigenvalue weighted by Crippen LogP contribution is -2.25. The zero-order valence-electron chi connectivity index (χ0n) is 13.0. The van der Waals surface area contributed by atoms with Crippen molar-refractivity contribution in [3.8, 4) is 10.6 Å². The van der Waals surface area contributed by atoms with E-state index in [1.54, 1.807) is 28.7 Å². The number of aryl methyl sites for hydroxylation is 1. The first kappa shape index (κ1) is 16.6. The summed E-state index contributed by atoms with van der Waals surface area (Å²) in [5, 5.41) is 11.2. The fourth-order valence-electron chi connectivity index (χ4n) is 2.24. The van der Waals surface area contributed by atoms with Crippen molar-refractivity contribution in [2.24, 2.45) is 0 Å². The summed E-state index contributed by atoms with van der Waals surface area (Å²) in [6, 6.07) is 11.1. The van der Waals surface area contributed by atoms with E-state index in [9.17, 15) is 9.59 Å². The van der Waals surface area contributed by atoms with Crippen molar-refractivity contribution in [1.82, 2.24) is 15.1 Å². The Morgan fingerprint density at radius 2 is 1.96 bits per heavy atom. The van der Waals surface area contributed by atoms with Gasteiger partial charge in [-0.05, 0) is 35.4 Å². The molecule has 0 aliphatic carbocycles. The standard InChI is InChI=1S/C17H17N3O2S2/c21-16(18-12-13-4-2-10-23-13)6-1-9-20-17(22)8-7-14(19-20)15-5-3-11-24-15/h2-5,7-8,10-11H,1,6,9,12H2,(H,18,21). The quantitative estimate of drug-likeness (QED) is 0.705. The van der Waals surface area contributed by atoms with Crippen LogP contribution < -0.4 is 10.9 Å². The van der Waals surface area contributed by atoms with Crippen LogP contribution in [0.2, 0.25) is 0 Å². The van der Waals surface area contributed by atoms with E-state index in [-0.39, 0.29) is 11.5 Å². The minimum absolute atomic E-state index is 0.00846. The Morgan fingerprint density at radius 1 is 1.12 bits per heavy atom. The molecule has 0 unspecified atom stereocenters. The highest BCUT2D eigenvalue weighted by atomic mass is 32.1. The van der Waals surface area contributed by atoms with Gasteiger partial charge in [0.2, 0.25) is 5.91 Å².